The number of hydrogen-bond donors (Lipinski definition) is 2. The minimum Gasteiger partial charge on any atom is -0.395 e. The van der Waals surface area contributed by atoms with Crippen molar-refractivity contribution in [1.82, 2.24) is 10.2 Å². The van der Waals surface area contributed by atoms with Crippen LogP contribution in [0.5, 0.6) is 0 Å². The summed E-state index contributed by atoms with van der Waals surface area (Å²) in [7, 11) is 0. The Morgan fingerprint density at radius 2 is 2.12 bits per heavy atom. The van der Waals surface area contributed by atoms with E-state index in [2.05, 4.69) is 0 Å². The smallest absolute Gasteiger partial charge is 0.395 e. The molecule has 0 bridgehead atoms. The second kappa shape index (κ2) is 6.20. The van der Waals surface area contributed by atoms with Gasteiger partial charge in [0.15, 0.2) is 0 Å². The van der Waals surface area contributed by atoms with Crippen LogP contribution in [-0.4, -0.2) is 54.4 Å². The molecule has 1 aliphatic heterocycles. The zero-order valence-electron chi connectivity index (χ0n) is 9.46. The number of aliphatic hydroxyl groups excluding tert-OH is 1. The molecule has 1 unspecified atom stereocenters. The Kier molecular flexibility index (Phi) is 5.20. The van der Waals surface area contributed by atoms with E-state index in [0.29, 0.717) is 6.54 Å². The minimum absolute atomic E-state index is 0.0629. The van der Waals surface area contributed by atoms with Crippen LogP contribution in [0.3, 0.4) is 0 Å². The summed E-state index contributed by atoms with van der Waals surface area (Å²) < 4.78 is 35.6. The van der Waals surface area contributed by atoms with E-state index >= 15 is 0 Å². The minimum atomic E-state index is -4.38. The van der Waals surface area contributed by atoms with E-state index in [1.165, 1.54) is 0 Å². The fourth-order valence-corrected chi connectivity index (χ4v) is 1.91. The molecule has 1 atom stereocenters. The molecule has 1 heterocycles. The van der Waals surface area contributed by atoms with Crippen LogP contribution in [0.1, 0.15) is 19.3 Å². The lowest BCUT2D eigenvalue weighted by Gasteiger charge is -2.33. The standard InChI is InChI=1S/C10H17F3N2O2/c11-10(12,13)7-14-9(17)5-15-4-2-1-3-8(15)6-16/h8,16H,1-7H2,(H,14,17). The first-order chi connectivity index (χ1) is 7.92. The highest BCUT2D eigenvalue weighted by atomic mass is 19.4. The first kappa shape index (κ1) is 14.2. The SMILES string of the molecule is O=C(CN1CCCCC1CO)NCC(F)(F)F. The number of likely N-dealkylation sites (tertiary alicyclic amines) is 1. The molecule has 0 aromatic carbocycles. The Morgan fingerprint density at radius 1 is 1.41 bits per heavy atom. The van der Waals surface area contributed by atoms with Crippen LogP contribution in [0.15, 0.2) is 0 Å². The summed E-state index contributed by atoms with van der Waals surface area (Å²) in [5.41, 5.74) is 0. The lowest BCUT2D eigenvalue weighted by Crippen LogP contribution is -2.48. The van der Waals surface area contributed by atoms with E-state index in [9.17, 15) is 18.0 Å². The van der Waals surface area contributed by atoms with Gasteiger partial charge < -0.3 is 10.4 Å². The molecule has 2 N–H and O–H groups in total. The molecule has 100 valence electrons. The number of nitrogens with zero attached hydrogens (tertiary/aromatic N) is 1. The molecule has 1 rings (SSSR count). The number of carbonyl (C=O) groups is 1. The van der Waals surface area contributed by atoms with Crippen LogP contribution in [0, 0.1) is 0 Å². The molecule has 1 amide bonds. The number of carbonyl (C=O) groups excluding carboxylic acids is 1. The van der Waals surface area contributed by atoms with Crippen molar-refractivity contribution >= 4 is 5.91 Å². The molecule has 7 heteroatoms. The maximum Gasteiger partial charge on any atom is 0.405 e. The second-order valence-corrected chi connectivity index (χ2v) is 4.19. The van der Waals surface area contributed by atoms with Crippen molar-refractivity contribution in [2.45, 2.75) is 31.5 Å². The van der Waals surface area contributed by atoms with Gasteiger partial charge in [-0.2, -0.15) is 13.2 Å². The third-order valence-electron chi connectivity index (χ3n) is 2.79. The number of amides is 1. The summed E-state index contributed by atoms with van der Waals surface area (Å²) in [6.07, 6.45) is -1.72. The van der Waals surface area contributed by atoms with Gasteiger partial charge in [0.05, 0.1) is 13.2 Å². The molecule has 0 saturated carbocycles. The van der Waals surface area contributed by atoms with Gasteiger partial charge in [0.2, 0.25) is 5.91 Å². The normalized spacial score (nSPS) is 22.5. The zero-order valence-corrected chi connectivity index (χ0v) is 9.46. The average molecular weight is 254 g/mol. The summed E-state index contributed by atoms with van der Waals surface area (Å²) in [5.74, 6) is -0.650. The van der Waals surface area contributed by atoms with Crippen molar-refractivity contribution < 1.29 is 23.1 Å². The summed E-state index contributed by atoms with van der Waals surface area (Å²) in [6.45, 7) is -0.804. The number of aliphatic hydroxyl groups is 1. The predicted molar refractivity (Wildman–Crippen MR) is 55.4 cm³/mol. The molecule has 4 nitrogen and oxygen atoms in total. The van der Waals surface area contributed by atoms with E-state index in [1.807, 2.05) is 5.32 Å². The summed E-state index contributed by atoms with van der Waals surface area (Å²) in [5, 5.41) is 10.9. The molecular formula is C10H17F3N2O2. The molecule has 0 aromatic rings. The lowest BCUT2D eigenvalue weighted by molar-refractivity contribution is -0.139. The van der Waals surface area contributed by atoms with E-state index in [-0.39, 0.29) is 19.2 Å². The maximum atomic E-state index is 11.9. The topological polar surface area (TPSA) is 52.6 Å². The molecule has 0 radical (unpaired) electrons. The molecule has 17 heavy (non-hydrogen) atoms. The molecule has 0 spiro atoms. The van der Waals surface area contributed by atoms with Gasteiger partial charge in [-0.3, -0.25) is 9.69 Å². The molecule has 0 aliphatic carbocycles. The second-order valence-electron chi connectivity index (χ2n) is 4.19. The number of halogens is 3. The maximum absolute atomic E-state index is 11.9. The molecule has 1 saturated heterocycles. The Bertz CT molecular complexity index is 258. The highest BCUT2D eigenvalue weighted by molar-refractivity contribution is 5.78. The van der Waals surface area contributed by atoms with Crippen molar-refractivity contribution in [2.24, 2.45) is 0 Å². The van der Waals surface area contributed by atoms with Crippen LogP contribution in [-0.2, 0) is 4.79 Å². The van der Waals surface area contributed by atoms with Gasteiger partial charge in [-0.1, -0.05) is 6.42 Å². The quantitative estimate of drug-likeness (QED) is 0.768. The predicted octanol–water partition coefficient (Wildman–Crippen LogP) is 0.512. The van der Waals surface area contributed by atoms with Crippen LogP contribution in [0.4, 0.5) is 13.2 Å². The number of piperidine rings is 1. The van der Waals surface area contributed by atoms with Gasteiger partial charge in [0.25, 0.3) is 0 Å². The van der Waals surface area contributed by atoms with Crippen LogP contribution in [0.2, 0.25) is 0 Å². The fraction of sp³-hybridized carbons (Fsp3) is 0.900. The third kappa shape index (κ3) is 5.36. The summed E-state index contributed by atoms with van der Waals surface area (Å²) in [4.78, 5) is 13.0. The molecule has 1 aliphatic rings. The van der Waals surface area contributed by atoms with E-state index < -0.39 is 18.6 Å². The Morgan fingerprint density at radius 3 is 2.71 bits per heavy atom. The molecule has 0 aromatic heterocycles. The Balaban J connectivity index is 2.33. The van der Waals surface area contributed by atoms with Gasteiger partial charge in [0.1, 0.15) is 6.54 Å². The Hall–Kier alpha value is -0.820. The highest BCUT2D eigenvalue weighted by Gasteiger charge is 2.29. The number of rotatable bonds is 4. The van der Waals surface area contributed by atoms with Crippen LogP contribution >= 0.6 is 0 Å². The van der Waals surface area contributed by atoms with E-state index in [4.69, 9.17) is 5.11 Å². The first-order valence-electron chi connectivity index (χ1n) is 5.61. The van der Waals surface area contributed by atoms with Gasteiger partial charge in [0, 0.05) is 6.04 Å². The number of alkyl halides is 3. The summed E-state index contributed by atoms with van der Waals surface area (Å²) in [6, 6.07) is -0.111. The third-order valence-corrected chi connectivity index (χ3v) is 2.79. The van der Waals surface area contributed by atoms with Crippen LogP contribution < -0.4 is 5.32 Å². The molecular weight excluding hydrogens is 237 g/mol. The number of hydrogen-bond acceptors (Lipinski definition) is 3. The average Bonchev–Trinajstić information content (AvgIpc) is 2.26. The zero-order chi connectivity index (χ0) is 12.9. The van der Waals surface area contributed by atoms with Crippen molar-refractivity contribution in [1.29, 1.82) is 0 Å². The van der Waals surface area contributed by atoms with E-state index in [0.717, 1.165) is 19.3 Å². The largest absolute Gasteiger partial charge is 0.405 e. The van der Waals surface area contributed by atoms with Crippen molar-refractivity contribution in [2.75, 3.05) is 26.2 Å². The first-order valence-corrected chi connectivity index (χ1v) is 5.61. The molecule has 1 fully saturated rings. The highest BCUT2D eigenvalue weighted by Crippen LogP contribution is 2.16. The summed E-state index contributed by atoms with van der Waals surface area (Å²) >= 11 is 0. The van der Waals surface area contributed by atoms with Crippen molar-refractivity contribution in [3.05, 3.63) is 0 Å². The van der Waals surface area contributed by atoms with Crippen molar-refractivity contribution in [3.63, 3.8) is 0 Å². The van der Waals surface area contributed by atoms with Gasteiger partial charge in [-0.15, -0.1) is 0 Å². The fourth-order valence-electron chi connectivity index (χ4n) is 1.91. The Labute approximate surface area is 97.8 Å². The number of nitrogens with one attached hydrogen (secondary N) is 1. The monoisotopic (exact) mass is 254 g/mol. The lowest BCUT2D eigenvalue weighted by atomic mass is 10.0. The van der Waals surface area contributed by atoms with Crippen LogP contribution in [0.25, 0.3) is 0 Å². The van der Waals surface area contributed by atoms with Gasteiger partial charge >= 0.3 is 6.18 Å². The van der Waals surface area contributed by atoms with E-state index in [1.54, 1.807) is 4.90 Å². The van der Waals surface area contributed by atoms with Crippen molar-refractivity contribution in [3.8, 4) is 0 Å². The van der Waals surface area contributed by atoms with Gasteiger partial charge in [-0.05, 0) is 19.4 Å². The van der Waals surface area contributed by atoms with Gasteiger partial charge in [-0.25, -0.2) is 0 Å².